The molecule has 7 atom stereocenters. The molecule has 0 aromatic heterocycles. The van der Waals surface area contributed by atoms with Crippen LogP contribution in [-0.2, 0) is 28.5 Å². The number of allylic oxidation sites excluding steroid dienone is 3. The summed E-state index contributed by atoms with van der Waals surface area (Å²) in [4.78, 5) is 37.3. The van der Waals surface area contributed by atoms with Crippen molar-refractivity contribution in [2.45, 2.75) is 79.0 Å². The molecule has 0 bridgehead atoms. The maximum absolute atomic E-state index is 13.1. The smallest absolute Gasteiger partial charge is 0.338 e. The summed E-state index contributed by atoms with van der Waals surface area (Å²) in [5.41, 5.74) is 1.28. The number of hydrogen-bond acceptors (Lipinski definition) is 7. The minimum atomic E-state index is -1.03. The summed E-state index contributed by atoms with van der Waals surface area (Å²) < 4.78 is 23.6. The van der Waals surface area contributed by atoms with Gasteiger partial charge in [0.2, 0.25) is 12.6 Å². The molecule has 0 radical (unpaired) electrons. The molecular formula is C31H38O7. The Morgan fingerprint density at radius 3 is 2.39 bits per heavy atom. The third-order valence-electron chi connectivity index (χ3n) is 8.83. The van der Waals surface area contributed by atoms with E-state index in [-0.39, 0.29) is 11.3 Å². The standard InChI is InChI=1S/C31H38O7/c1-7-19(2)13-15-30(6)20(3)14-16-31-25(28(35-21(4)32)38-29(31)36-22(5)33)17-24(18-26(30)31)37-27(34)23-11-9-8-10-12-23/h7-13,17,20,24,26,28-29H,1,14-16,18H2,2-6H3/b19-13+/t20-,24+,26+,28+,29+,30-,31?/m1/s1. The average Bonchev–Trinajstić information content (AvgIpc) is 3.16. The van der Waals surface area contributed by atoms with Gasteiger partial charge in [0.25, 0.3) is 0 Å². The third kappa shape index (κ3) is 5.08. The summed E-state index contributed by atoms with van der Waals surface area (Å²) in [5.74, 6) is -1.17. The number of ether oxygens (including phenoxy) is 4. The van der Waals surface area contributed by atoms with Crippen molar-refractivity contribution < 1.29 is 33.3 Å². The summed E-state index contributed by atoms with van der Waals surface area (Å²) >= 11 is 0. The minimum Gasteiger partial charge on any atom is -0.455 e. The van der Waals surface area contributed by atoms with Crippen LogP contribution in [0.1, 0.15) is 70.7 Å². The van der Waals surface area contributed by atoms with Gasteiger partial charge in [-0.25, -0.2) is 4.79 Å². The van der Waals surface area contributed by atoms with Gasteiger partial charge in [0.15, 0.2) is 0 Å². The van der Waals surface area contributed by atoms with Gasteiger partial charge in [-0.2, -0.15) is 0 Å². The predicted molar refractivity (Wildman–Crippen MR) is 142 cm³/mol. The Labute approximate surface area is 224 Å². The number of hydrogen-bond donors (Lipinski definition) is 0. The van der Waals surface area contributed by atoms with Crippen molar-refractivity contribution >= 4 is 17.9 Å². The summed E-state index contributed by atoms with van der Waals surface area (Å²) in [6.45, 7) is 13.1. The van der Waals surface area contributed by atoms with Crippen LogP contribution in [0.15, 0.2) is 66.3 Å². The number of rotatable bonds is 7. The van der Waals surface area contributed by atoms with Gasteiger partial charge in [0, 0.05) is 19.4 Å². The lowest BCUT2D eigenvalue weighted by atomic mass is 9.46. The van der Waals surface area contributed by atoms with Gasteiger partial charge < -0.3 is 14.2 Å². The molecule has 1 spiro atoms. The first-order chi connectivity index (χ1) is 18.0. The molecule has 3 aliphatic rings. The molecule has 7 nitrogen and oxygen atoms in total. The maximum atomic E-state index is 13.1. The van der Waals surface area contributed by atoms with E-state index < -0.39 is 42.0 Å². The SMILES string of the molecule is C=C/C(C)=C/C[C@]1(C)[C@H](C)CCC23C(=C[C@H](OC(=O)c4ccccc4)C[C@H]21)[C@@H](OC(C)=O)O[C@@H]3OC(C)=O. The third-order valence-corrected chi connectivity index (χ3v) is 8.83. The topological polar surface area (TPSA) is 88.1 Å². The van der Waals surface area contributed by atoms with Crippen molar-refractivity contribution in [2.24, 2.45) is 22.7 Å². The average molecular weight is 523 g/mol. The van der Waals surface area contributed by atoms with Gasteiger partial charge in [-0.3, -0.25) is 14.3 Å². The largest absolute Gasteiger partial charge is 0.455 e. The van der Waals surface area contributed by atoms with Crippen LogP contribution in [0.3, 0.4) is 0 Å². The quantitative estimate of drug-likeness (QED) is 0.190. The second kappa shape index (κ2) is 10.9. The van der Waals surface area contributed by atoms with Gasteiger partial charge in [0.05, 0.1) is 11.0 Å². The molecular weight excluding hydrogens is 484 g/mol. The molecule has 1 heterocycles. The molecule has 4 rings (SSSR count). The number of carbonyl (C=O) groups is 3. The van der Waals surface area contributed by atoms with Crippen LogP contribution < -0.4 is 0 Å². The number of benzene rings is 1. The number of esters is 3. The predicted octanol–water partition coefficient (Wildman–Crippen LogP) is 5.91. The van der Waals surface area contributed by atoms with Crippen LogP contribution in [-0.4, -0.2) is 36.6 Å². The van der Waals surface area contributed by atoms with E-state index in [2.05, 4.69) is 26.5 Å². The normalized spacial score (nSPS) is 34.3. The van der Waals surface area contributed by atoms with Gasteiger partial charge in [-0.05, 0) is 68.1 Å². The van der Waals surface area contributed by atoms with Crippen LogP contribution in [0.2, 0.25) is 0 Å². The molecule has 204 valence electrons. The van der Waals surface area contributed by atoms with Gasteiger partial charge in [-0.1, -0.05) is 56.4 Å². The van der Waals surface area contributed by atoms with E-state index >= 15 is 0 Å². The molecule has 1 aromatic carbocycles. The molecule has 1 saturated carbocycles. The first kappa shape index (κ1) is 27.8. The highest BCUT2D eigenvalue weighted by atomic mass is 16.8. The van der Waals surface area contributed by atoms with E-state index in [0.717, 1.165) is 18.4 Å². The fourth-order valence-corrected chi connectivity index (χ4v) is 6.59. The Balaban J connectivity index is 1.82. The Bertz CT molecular complexity index is 1150. The molecule has 1 aromatic rings. The van der Waals surface area contributed by atoms with E-state index in [9.17, 15) is 14.4 Å². The fourth-order valence-electron chi connectivity index (χ4n) is 6.59. The maximum Gasteiger partial charge on any atom is 0.338 e. The molecule has 2 aliphatic carbocycles. The highest BCUT2D eigenvalue weighted by Crippen LogP contribution is 2.67. The first-order valence-electron chi connectivity index (χ1n) is 13.3. The zero-order valence-electron chi connectivity index (χ0n) is 22.9. The summed E-state index contributed by atoms with van der Waals surface area (Å²) in [6.07, 6.45) is 6.22. The molecule has 1 unspecified atom stereocenters. The van der Waals surface area contributed by atoms with Crippen LogP contribution in [0, 0.1) is 22.7 Å². The van der Waals surface area contributed by atoms with Crippen molar-refractivity contribution in [1.29, 1.82) is 0 Å². The van der Waals surface area contributed by atoms with Gasteiger partial charge >= 0.3 is 17.9 Å². The minimum absolute atomic E-state index is 0.0916. The van der Waals surface area contributed by atoms with Crippen molar-refractivity contribution in [3.63, 3.8) is 0 Å². The van der Waals surface area contributed by atoms with Crippen molar-refractivity contribution in [3.05, 3.63) is 71.8 Å². The summed E-state index contributed by atoms with van der Waals surface area (Å²) in [6, 6.07) is 8.86. The van der Waals surface area contributed by atoms with Crippen molar-refractivity contribution in [1.82, 2.24) is 0 Å². The molecule has 7 heteroatoms. The Kier molecular flexibility index (Phi) is 7.98. The molecule has 1 saturated heterocycles. The van der Waals surface area contributed by atoms with Crippen LogP contribution in [0.5, 0.6) is 0 Å². The van der Waals surface area contributed by atoms with Crippen LogP contribution >= 0.6 is 0 Å². The van der Waals surface area contributed by atoms with E-state index in [1.807, 2.05) is 25.1 Å². The van der Waals surface area contributed by atoms with Gasteiger partial charge in [-0.15, -0.1) is 0 Å². The lowest BCUT2D eigenvalue weighted by Crippen LogP contribution is -2.57. The van der Waals surface area contributed by atoms with E-state index in [4.69, 9.17) is 18.9 Å². The van der Waals surface area contributed by atoms with Crippen molar-refractivity contribution in [2.75, 3.05) is 0 Å². The Hall–Kier alpha value is -3.19. The second-order valence-electron chi connectivity index (χ2n) is 11.1. The highest BCUT2D eigenvalue weighted by molar-refractivity contribution is 5.89. The summed E-state index contributed by atoms with van der Waals surface area (Å²) in [7, 11) is 0. The monoisotopic (exact) mass is 522 g/mol. The van der Waals surface area contributed by atoms with Crippen LogP contribution in [0.25, 0.3) is 0 Å². The first-order valence-corrected chi connectivity index (χ1v) is 13.3. The lowest BCUT2D eigenvalue weighted by Gasteiger charge is -2.58. The zero-order valence-corrected chi connectivity index (χ0v) is 22.9. The lowest BCUT2D eigenvalue weighted by molar-refractivity contribution is -0.235. The highest BCUT2D eigenvalue weighted by Gasteiger charge is 2.67. The number of carbonyl (C=O) groups excluding carboxylic acids is 3. The molecule has 0 amide bonds. The Morgan fingerprint density at radius 1 is 1.08 bits per heavy atom. The molecule has 38 heavy (non-hydrogen) atoms. The zero-order chi connectivity index (χ0) is 27.7. The second-order valence-corrected chi connectivity index (χ2v) is 11.1. The van der Waals surface area contributed by atoms with E-state index in [0.29, 0.717) is 29.9 Å². The van der Waals surface area contributed by atoms with Gasteiger partial charge in [0.1, 0.15) is 6.10 Å². The fraction of sp³-hybridized carbons (Fsp3) is 0.516. The molecule has 1 aliphatic heterocycles. The molecule has 0 N–H and O–H groups in total. The Morgan fingerprint density at radius 2 is 1.76 bits per heavy atom. The van der Waals surface area contributed by atoms with Crippen molar-refractivity contribution in [3.8, 4) is 0 Å². The van der Waals surface area contributed by atoms with E-state index in [1.165, 1.54) is 13.8 Å². The molecule has 2 fully saturated rings. The summed E-state index contributed by atoms with van der Waals surface area (Å²) in [5, 5.41) is 0. The van der Waals surface area contributed by atoms with Crippen LogP contribution in [0.4, 0.5) is 0 Å². The van der Waals surface area contributed by atoms with E-state index in [1.54, 1.807) is 24.3 Å².